The minimum absolute atomic E-state index is 0.0112. The number of aromatic nitrogens is 1. The maximum absolute atomic E-state index is 13.4. The van der Waals surface area contributed by atoms with E-state index in [1.165, 1.54) is 11.1 Å². The van der Waals surface area contributed by atoms with E-state index in [1.807, 2.05) is 0 Å². The third kappa shape index (κ3) is 5.63. The van der Waals surface area contributed by atoms with E-state index in [0.717, 1.165) is 18.2 Å². The lowest BCUT2D eigenvalue weighted by atomic mass is 10.2. The third-order valence-corrected chi connectivity index (χ3v) is 6.52. The van der Waals surface area contributed by atoms with Crippen LogP contribution in [-0.2, 0) is 16.2 Å². The monoisotopic (exact) mass is 531 g/mol. The van der Waals surface area contributed by atoms with Crippen molar-refractivity contribution in [1.82, 2.24) is 4.98 Å². The Bertz CT molecular complexity index is 1320. The van der Waals surface area contributed by atoms with Gasteiger partial charge in [0, 0.05) is 17.9 Å². The summed E-state index contributed by atoms with van der Waals surface area (Å²) in [6.45, 7) is 3.52. The van der Waals surface area contributed by atoms with Crippen LogP contribution < -0.4 is 9.62 Å². The number of benzene rings is 2. The Kier molecular flexibility index (Phi) is 7.44. The smallest absolute Gasteiger partial charge is 0.304 e. The van der Waals surface area contributed by atoms with E-state index in [-0.39, 0.29) is 22.4 Å². The number of hydrogen-bond acceptors (Lipinski definition) is 4. The molecule has 0 unspecified atom stereocenters. The van der Waals surface area contributed by atoms with Gasteiger partial charge in [-0.3, -0.25) is 9.52 Å². The summed E-state index contributed by atoms with van der Waals surface area (Å²) in [6.07, 6.45) is -3.70. The van der Waals surface area contributed by atoms with Gasteiger partial charge in [0.1, 0.15) is 0 Å². The number of carbonyl (C=O) groups is 1. The number of nitrogens with zero attached hydrogens (tertiary/aromatic N) is 2. The SMILES string of the molecule is CC(C)N(C(=O)c1ncc(Cl)cc1NS(=O)(=O)c1ccc(Cl)c(C(F)(F)F)c1)c1ccccc1. The average molecular weight is 532 g/mol. The van der Waals surface area contributed by atoms with E-state index in [0.29, 0.717) is 11.8 Å². The molecule has 0 atom stereocenters. The second-order valence-electron chi connectivity index (χ2n) is 7.40. The largest absolute Gasteiger partial charge is 0.417 e. The lowest BCUT2D eigenvalue weighted by molar-refractivity contribution is -0.137. The van der Waals surface area contributed by atoms with Crippen molar-refractivity contribution in [3.63, 3.8) is 0 Å². The summed E-state index contributed by atoms with van der Waals surface area (Å²) in [7, 11) is -4.57. The number of anilines is 2. The molecule has 6 nitrogen and oxygen atoms in total. The first-order valence-electron chi connectivity index (χ1n) is 9.75. The zero-order chi connectivity index (χ0) is 25.3. The van der Waals surface area contributed by atoms with Gasteiger partial charge in [0.05, 0.1) is 26.2 Å². The zero-order valence-electron chi connectivity index (χ0n) is 17.8. The van der Waals surface area contributed by atoms with Gasteiger partial charge in [0.15, 0.2) is 5.69 Å². The van der Waals surface area contributed by atoms with E-state index < -0.39 is 37.6 Å². The van der Waals surface area contributed by atoms with E-state index in [1.54, 1.807) is 44.2 Å². The number of sulfonamides is 1. The molecule has 0 fully saturated rings. The van der Waals surface area contributed by atoms with Crippen LogP contribution in [0.15, 0.2) is 65.7 Å². The molecule has 1 heterocycles. The second kappa shape index (κ2) is 9.81. The normalized spacial score (nSPS) is 12.0. The van der Waals surface area contributed by atoms with Crippen LogP contribution in [0.4, 0.5) is 24.5 Å². The molecule has 0 saturated heterocycles. The van der Waals surface area contributed by atoms with Crippen molar-refractivity contribution in [3.8, 4) is 0 Å². The predicted molar refractivity (Wildman–Crippen MR) is 125 cm³/mol. The average Bonchev–Trinajstić information content (AvgIpc) is 2.73. The van der Waals surface area contributed by atoms with Crippen molar-refractivity contribution in [1.29, 1.82) is 0 Å². The van der Waals surface area contributed by atoms with Crippen LogP contribution in [0.25, 0.3) is 0 Å². The van der Waals surface area contributed by atoms with Gasteiger partial charge in [0.25, 0.3) is 15.9 Å². The highest BCUT2D eigenvalue weighted by atomic mass is 35.5. The summed E-state index contributed by atoms with van der Waals surface area (Å²) in [5, 5.41) is -0.640. The molecule has 3 aromatic rings. The molecule has 1 amide bonds. The van der Waals surface area contributed by atoms with Crippen LogP contribution in [0.2, 0.25) is 10.0 Å². The summed E-state index contributed by atoms with van der Waals surface area (Å²) in [5.41, 5.74) is -1.34. The van der Waals surface area contributed by atoms with E-state index in [9.17, 15) is 26.4 Å². The minimum Gasteiger partial charge on any atom is -0.304 e. The number of carbonyl (C=O) groups excluding carboxylic acids is 1. The van der Waals surface area contributed by atoms with Crippen LogP contribution in [0.5, 0.6) is 0 Å². The molecule has 12 heteroatoms. The Morgan fingerprint density at radius 2 is 1.71 bits per heavy atom. The molecule has 0 radical (unpaired) electrons. The maximum atomic E-state index is 13.4. The first kappa shape index (κ1) is 25.8. The first-order valence-corrected chi connectivity index (χ1v) is 12.0. The fraction of sp³-hybridized carbons (Fsp3) is 0.182. The number of halogens is 5. The van der Waals surface area contributed by atoms with Gasteiger partial charge in [-0.2, -0.15) is 13.2 Å². The molecule has 1 aromatic heterocycles. The molecule has 0 aliphatic heterocycles. The van der Waals surface area contributed by atoms with Crippen LogP contribution >= 0.6 is 23.2 Å². The number of alkyl halides is 3. The van der Waals surface area contributed by atoms with Crippen molar-refractivity contribution in [3.05, 3.63) is 82.1 Å². The Morgan fingerprint density at radius 3 is 2.29 bits per heavy atom. The van der Waals surface area contributed by atoms with Gasteiger partial charge in [0.2, 0.25) is 0 Å². The zero-order valence-corrected chi connectivity index (χ0v) is 20.1. The first-order chi connectivity index (χ1) is 15.8. The topological polar surface area (TPSA) is 79.4 Å². The Hall–Kier alpha value is -2.82. The van der Waals surface area contributed by atoms with Gasteiger partial charge in [-0.15, -0.1) is 0 Å². The van der Waals surface area contributed by atoms with Gasteiger partial charge in [-0.05, 0) is 50.2 Å². The highest BCUT2D eigenvalue weighted by Gasteiger charge is 2.35. The van der Waals surface area contributed by atoms with Crippen LogP contribution in [-0.4, -0.2) is 25.4 Å². The lowest BCUT2D eigenvalue weighted by Gasteiger charge is -2.27. The summed E-state index contributed by atoms with van der Waals surface area (Å²) >= 11 is 11.6. The maximum Gasteiger partial charge on any atom is 0.417 e. The highest BCUT2D eigenvalue weighted by Crippen LogP contribution is 2.36. The van der Waals surface area contributed by atoms with Crippen LogP contribution in [0.3, 0.4) is 0 Å². The Balaban J connectivity index is 2.06. The number of para-hydroxylation sites is 1. The fourth-order valence-corrected chi connectivity index (χ4v) is 4.60. The third-order valence-electron chi connectivity index (χ3n) is 4.62. The summed E-state index contributed by atoms with van der Waals surface area (Å²) in [5.74, 6) is -0.636. The lowest BCUT2D eigenvalue weighted by Crippen LogP contribution is -2.38. The van der Waals surface area contributed by atoms with Crippen molar-refractivity contribution in [2.45, 2.75) is 31.0 Å². The molecule has 0 bridgehead atoms. The Morgan fingerprint density at radius 1 is 1.06 bits per heavy atom. The second-order valence-corrected chi connectivity index (χ2v) is 9.93. The molecule has 2 aromatic carbocycles. The molecule has 3 rings (SSSR count). The number of hydrogen-bond donors (Lipinski definition) is 1. The molecular formula is C22H18Cl2F3N3O3S. The van der Waals surface area contributed by atoms with E-state index in [2.05, 4.69) is 9.71 Å². The molecule has 0 aliphatic rings. The van der Waals surface area contributed by atoms with Gasteiger partial charge < -0.3 is 4.90 Å². The molecular weight excluding hydrogens is 514 g/mol. The predicted octanol–water partition coefficient (Wildman–Crippen LogP) is 6.26. The highest BCUT2D eigenvalue weighted by molar-refractivity contribution is 7.92. The van der Waals surface area contributed by atoms with Crippen LogP contribution in [0.1, 0.15) is 29.9 Å². The van der Waals surface area contributed by atoms with Gasteiger partial charge >= 0.3 is 6.18 Å². The summed E-state index contributed by atoms with van der Waals surface area (Å²) in [6, 6.07) is 11.6. The van der Waals surface area contributed by atoms with Crippen molar-refractivity contribution < 1.29 is 26.4 Å². The molecule has 0 saturated carbocycles. The number of pyridine rings is 1. The number of amides is 1. The van der Waals surface area contributed by atoms with E-state index in [4.69, 9.17) is 23.2 Å². The number of nitrogens with one attached hydrogen (secondary N) is 1. The Labute approximate surface area is 204 Å². The molecule has 1 N–H and O–H groups in total. The molecule has 34 heavy (non-hydrogen) atoms. The standard InChI is InChI=1S/C22H18Cl2F3N3O3S/c1-13(2)30(15-6-4-3-5-7-15)21(31)20-19(10-14(23)12-28-20)29-34(32,33)16-8-9-18(24)17(11-16)22(25,26)27/h3-13,29H,1-2H3. The number of rotatable bonds is 6. The van der Waals surface area contributed by atoms with Crippen LogP contribution in [0, 0.1) is 0 Å². The van der Waals surface area contributed by atoms with Crippen molar-refractivity contribution in [2.24, 2.45) is 0 Å². The summed E-state index contributed by atoms with van der Waals surface area (Å²) < 4.78 is 67.6. The fourth-order valence-electron chi connectivity index (χ4n) is 3.13. The quantitative estimate of drug-likeness (QED) is 0.406. The summed E-state index contributed by atoms with van der Waals surface area (Å²) in [4.78, 5) is 18.1. The van der Waals surface area contributed by atoms with Gasteiger partial charge in [-0.25, -0.2) is 13.4 Å². The molecule has 0 aliphatic carbocycles. The molecule has 0 spiro atoms. The van der Waals surface area contributed by atoms with Gasteiger partial charge in [-0.1, -0.05) is 41.4 Å². The van der Waals surface area contributed by atoms with Crippen molar-refractivity contribution in [2.75, 3.05) is 9.62 Å². The minimum atomic E-state index is -4.87. The van der Waals surface area contributed by atoms with Crippen molar-refractivity contribution >= 4 is 50.5 Å². The molecule has 180 valence electrons. The van der Waals surface area contributed by atoms with E-state index >= 15 is 0 Å².